The number of aromatic nitrogens is 2. The van der Waals surface area contributed by atoms with Crippen LogP contribution < -0.4 is 9.47 Å². The summed E-state index contributed by atoms with van der Waals surface area (Å²) < 4.78 is 13.2. The first kappa shape index (κ1) is 21.4. The average Bonchev–Trinajstić information content (AvgIpc) is 3.42. The molecule has 2 bridgehead atoms. The quantitative estimate of drug-likeness (QED) is 0.471. The second kappa shape index (κ2) is 7.32. The maximum atomic E-state index is 12.5. The van der Waals surface area contributed by atoms with Gasteiger partial charge < -0.3 is 19.5 Å². The summed E-state index contributed by atoms with van der Waals surface area (Å²) in [7, 11) is 5.57. The molecule has 2 aromatic carbocycles. The number of nitrogens with zero attached hydrogens (tertiary/aromatic N) is 3. The highest BCUT2D eigenvalue weighted by molar-refractivity contribution is 7.17. The Labute approximate surface area is 208 Å². The van der Waals surface area contributed by atoms with Crippen molar-refractivity contribution < 1.29 is 14.6 Å². The van der Waals surface area contributed by atoms with Crippen LogP contribution in [0.5, 0.6) is 11.5 Å². The van der Waals surface area contributed by atoms with E-state index in [1.165, 1.54) is 21.7 Å². The SMILES string of the molecule is COc1ccc(-c2cn3c4c(sc3n2)C[C@@]2(O)[C@H]3Cc5ccc(OC)cc5[C@@]2(CCN3C)C4)cc1. The van der Waals surface area contributed by atoms with E-state index in [2.05, 4.69) is 52.9 Å². The lowest BCUT2D eigenvalue weighted by Crippen LogP contribution is -2.73. The summed E-state index contributed by atoms with van der Waals surface area (Å²) in [5.41, 5.74) is 4.79. The fourth-order valence-electron chi connectivity index (χ4n) is 6.94. The molecule has 2 aromatic heterocycles. The lowest BCUT2D eigenvalue weighted by molar-refractivity contribution is -0.144. The van der Waals surface area contributed by atoms with Crippen molar-refractivity contribution in [3.63, 3.8) is 0 Å². The molecule has 1 saturated heterocycles. The zero-order valence-electron chi connectivity index (χ0n) is 20.2. The molecule has 1 N–H and O–H groups in total. The van der Waals surface area contributed by atoms with Crippen molar-refractivity contribution in [3.05, 3.63) is 70.4 Å². The van der Waals surface area contributed by atoms with E-state index in [4.69, 9.17) is 14.5 Å². The largest absolute Gasteiger partial charge is 0.497 e. The van der Waals surface area contributed by atoms with Crippen LogP contribution in [-0.4, -0.2) is 58.8 Å². The highest BCUT2D eigenvalue weighted by Gasteiger charge is 2.64. The minimum absolute atomic E-state index is 0.106. The maximum absolute atomic E-state index is 12.5. The standard InChI is InChI=1S/C28H29N3O3S/c1-30-11-10-27-14-23-24(15-28(27,32)25(30)12-18-6-9-20(34-3)13-21(18)27)35-26-29-22(16-31(23)26)17-4-7-19(33-2)8-5-17/h4-9,13,16,25,32H,10-12,14-15H2,1-3H3/t25-,27-,28-/m1/s1. The van der Waals surface area contributed by atoms with Gasteiger partial charge in [-0.3, -0.25) is 4.40 Å². The molecule has 1 aliphatic heterocycles. The van der Waals surface area contributed by atoms with Gasteiger partial charge in [0.1, 0.15) is 11.5 Å². The molecule has 7 rings (SSSR count). The fraction of sp³-hybridized carbons (Fsp3) is 0.393. The topological polar surface area (TPSA) is 59.2 Å². The van der Waals surface area contributed by atoms with Gasteiger partial charge in [-0.25, -0.2) is 4.98 Å². The minimum Gasteiger partial charge on any atom is -0.497 e. The molecule has 3 aliphatic rings. The smallest absolute Gasteiger partial charge is 0.194 e. The normalized spacial score (nSPS) is 27.3. The van der Waals surface area contributed by atoms with Gasteiger partial charge in [0.15, 0.2) is 4.96 Å². The minimum atomic E-state index is -0.811. The van der Waals surface area contributed by atoms with Crippen molar-refractivity contribution in [3.8, 4) is 22.8 Å². The number of likely N-dealkylation sites (N-methyl/N-ethyl adjacent to an activating group) is 1. The predicted octanol–water partition coefficient (Wildman–Crippen LogP) is 4.11. The number of aliphatic hydroxyl groups is 1. The molecule has 1 fully saturated rings. The molecule has 7 heteroatoms. The zero-order valence-corrected chi connectivity index (χ0v) is 21.1. The Hall–Kier alpha value is -2.87. The van der Waals surface area contributed by atoms with Crippen molar-refractivity contribution in [1.82, 2.24) is 14.3 Å². The van der Waals surface area contributed by atoms with Crippen molar-refractivity contribution in [1.29, 1.82) is 0 Å². The monoisotopic (exact) mass is 487 g/mol. The van der Waals surface area contributed by atoms with E-state index in [9.17, 15) is 5.11 Å². The first-order valence-electron chi connectivity index (χ1n) is 12.2. The number of piperidine rings is 1. The summed E-state index contributed by atoms with van der Waals surface area (Å²) in [4.78, 5) is 9.61. The van der Waals surface area contributed by atoms with Gasteiger partial charge in [0.05, 0.1) is 25.5 Å². The first-order chi connectivity index (χ1) is 17.0. The number of rotatable bonds is 3. The second-order valence-corrected chi connectivity index (χ2v) is 11.4. The van der Waals surface area contributed by atoms with Gasteiger partial charge in [0.2, 0.25) is 0 Å². The summed E-state index contributed by atoms with van der Waals surface area (Å²) >= 11 is 1.73. The van der Waals surface area contributed by atoms with Gasteiger partial charge in [0.25, 0.3) is 0 Å². The van der Waals surface area contributed by atoms with Gasteiger partial charge in [-0.2, -0.15) is 0 Å². The molecule has 0 spiro atoms. The van der Waals surface area contributed by atoms with Crippen LogP contribution in [0, 0.1) is 0 Å². The molecule has 0 saturated carbocycles. The molecule has 180 valence electrons. The van der Waals surface area contributed by atoms with Crippen molar-refractivity contribution in [2.45, 2.75) is 42.7 Å². The average molecular weight is 488 g/mol. The van der Waals surface area contributed by atoms with E-state index in [1.54, 1.807) is 25.6 Å². The summed E-state index contributed by atoms with van der Waals surface area (Å²) in [5, 5.41) is 12.5. The molecule has 35 heavy (non-hydrogen) atoms. The highest BCUT2D eigenvalue weighted by Crippen LogP contribution is 2.58. The number of imidazole rings is 1. The maximum Gasteiger partial charge on any atom is 0.194 e. The van der Waals surface area contributed by atoms with E-state index in [-0.39, 0.29) is 11.5 Å². The van der Waals surface area contributed by atoms with Gasteiger partial charge in [-0.1, -0.05) is 6.07 Å². The Morgan fingerprint density at radius 3 is 2.60 bits per heavy atom. The number of benzene rings is 2. The molecule has 3 heterocycles. The fourth-order valence-corrected chi connectivity index (χ4v) is 8.15. The van der Waals surface area contributed by atoms with E-state index in [0.717, 1.165) is 53.5 Å². The molecule has 3 atom stereocenters. The van der Waals surface area contributed by atoms with Crippen LogP contribution in [0.1, 0.15) is 28.1 Å². The van der Waals surface area contributed by atoms with Gasteiger partial charge in [-0.05, 0) is 74.0 Å². The molecule has 0 amide bonds. The molecule has 6 nitrogen and oxygen atoms in total. The number of ether oxygens (including phenoxy) is 2. The number of hydrogen-bond acceptors (Lipinski definition) is 6. The molecular weight excluding hydrogens is 458 g/mol. The van der Waals surface area contributed by atoms with Crippen LogP contribution in [-0.2, 0) is 24.7 Å². The Balaban J connectivity index is 1.39. The van der Waals surface area contributed by atoms with Gasteiger partial charge in [0, 0.05) is 46.6 Å². The number of likely N-dealkylation sites (tertiary alicyclic amines) is 1. The molecule has 4 aromatic rings. The molecule has 2 aliphatic carbocycles. The molecule has 0 unspecified atom stereocenters. The van der Waals surface area contributed by atoms with Crippen LogP contribution in [0.3, 0.4) is 0 Å². The Morgan fingerprint density at radius 1 is 1.06 bits per heavy atom. The van der Waals surface area contributed by atoms with Crippen molar-refractivity contribution in [2.24, 2.45) is 0 Å². The first-order valence-corrected chi connectivity index (χ1v) is 13.0. The zero-order chi connectivity index (χ0) is 23.9. The van der Waals surface area contributed by atoms with Crippen LogP contribution in [0.25, 0.3) is 16.2 Å². The lowest BCUT2D eigenvalue weighted by Gasteiger charge is -2.62. The number of methoxy groups -OCH3 is 2. The van der Waals surface area contributed by atoms with Gasteiger partial charge >= 0.3 is 0 Å². The predicted molar refractivity (Wildman–Crippen MR) is 137 cm³/mol. The third-order valence-corrected chi connectivity index (χ3v) is 9.93. The summed E-state index contributed by atoms with van der Waals surface area (Å²) in [5.74, 6) is 1.71. The second-order valence-electron chi connectivity index (χ2n) is 10.3. The number of fused-ring (bicyclic) bond motifs is 4. The van der Waals surface area contributed by atoms with Gasteiger partial charge in [-0.15, -0.1) is 11.3 Å². The van der Waals surface area contributed by atoms with E-state index in [1.807, 2.05) is 12.1 Å². The summed E-state index contributed by atoms with van der Waals surface area (Å²) in [6, 6.07) is 14.6. The highest BCUT2D eigenvalue weighted by atomic mass is 32.1. The Bertz CT molecular complexity index is 1460. The van der Waals surface area contributed by atoms with Crippen LogP contribution in [0.15, 0.2) is 48.7 Å². The number of thiazole rings is 1. The van der Waals surface area contributed by atoms with Crippen LogP contribution >= 0.6 is 11.3 Å². The Kier molecular flexibility index (Phi) is 4.48. The van der Waals surface area contributed by atoms with Crippen molar-refractivity contribution in [2.75, 3.05) is 27.8 Å². The summed E-state index contributed by atoms with van der Waals surface area (Å²) in [6.07, 6.45) is 5.43. The van der Waals surface area contributed by atoms with Crippen LogP contribution in [0.2, 0.25) is 0 Å². The Morgan fingerprint density at radius 2 is 1.83 bits per heavy atom. The van der Waals surface area contributed by atoms with E-state index in [0.29, 0.717) is 6.42 Å². The molecular formula is C28H29N3O3S. The third kappa shape index (κ3) is 2.80. The molecule has 0 radical (unpaired) electrons. The van der Waals surface area contributed by atoms with E-state index < -0.39 is 5.60 Å². The third-order valence-electron chi connectivity index (χ3n) is 8.83. The van der Waals surface area contributed by atoms with Crippen LogP contribution in [0.4, 0.5) is 0 Å². The summed E-state index contributed by atoms with van der Waals surface area (Å²) in [6.45, 7) is 0.979. The van der Waals surface area contributed by atoms with E-state index >= 15 is 0 Å². The van der Waals surface area contributed by atoms with Crippen molar-refractivity contribution >= 4 is 16.3 Å². The lowest BCUT2D eigenvalue weighted by atomic mass is 9.50. The number of hydrogen-bond donors (Lipinski definition) is 1.